The van der Waals surface area contributed by atoms with E-state index >= 15 is 0 Å². The molecule has 3 rings (SSSR count). The minimum Gasteiger partial charge on any atom is -0.348 e. The van der Waals surface area contributed by atoms with Crippen LogP contribution in [0.3, 0.4) is 0 Å². The van der Waals surface area contributed by atoms with E-state index in [1.807, 2.05) is 17.5 Å². The highest BCUT2D eigenvalue weighted by atomic mass is 79.9. The minimum absolute atomic E-state index is 0.680. The van der Waals surface area contributed by atoms with Crippen molar-refractivity contribution in [3.05, 3.63) is 44.7 Å². The monoisotopic (exact) mass is 322 g/mol. The molecule has 0 N–H and O–H groups in total. The molecule has 1 aliphatic carbocycles. The van der Waals surface area contributed by atoms with Gasteiger partial charge in [0.1, 0.15) is 5.82 Å². The third kappa shape index (κ3) is 2.59. The van der Waals surface area contributed by atoms with Crippen LogP contribution in [0.25, 0.3) is 0 Å². The molecule has 0 radical (unpaired) electrons. The van der Waals surface area contributed by atoms with E-state index in [2.05, 4.69) is 56.3 Å². The average molecular weight is 323 g/mol. The van der Waals surface area contributed by atoms with E-state index in [0.29, 0.717) is 6.04 Å². The van der Waals surface area contributed by atoms with Gasteiger partial charge in [0, 0.05) is 21.6 Å². The molecule has 1 fully saturated rings. The van der Waals surface area contributed by atoms with E-state index in [1.165, 1.54) is 23.3 Å². The first-order valence-electron chi connectivity index (χ1n) is 6.15. The molecular weight excluding hydrogens is 308 g/mol. The summed E-state index contributed by atoms with van der Waals surface area (Å²) in [5.41, 5.74) is 1.24. The fraction of sp³-hybridized carbons (Fsp3) is 0.357. The Bertz CT molecular complexity index is 535. The van der Waals surface area contributed by atoms with Crippen LogP contribution in [-0.4, -0.2) is 11.0 Å². The van der Waals surface area contributed by atoms with Gasteiger partial charge in [0.15, 0.2) is 0 Å². The normalized spacial score (nSPS) is 14.8. The van der Waals surface area contributed by atoms with Crippen LogP contribution in [0.2, 0.25) is 0 Å². The minimum atomic E-state index is 0.680. The summed E-state index contributed by atoms with van der Waals surface area (Å²) in [4.78, 5) is 8.46. The fourth-order valence-corrected chi connectivity index (χ4v) is 3.32. The molecule has 94 valence electrons. The molecule has 0 amide bonds. The predicted octanol–water partition coefficient (Wildman–Crippen LogP) is 4.38. The number of anilines is 1. The number of aromatic nitrogens is 1. The summed E-state index contributed by atoms with van der Waals surface area (Å²) in [5, 5.41) is 2.14. The van der Waals surface area contributed by atoms with E-state index in [4.69, 9.17) is 0 Å². The van der Waals surface area contributed by atoms with Crippen LogP contribution in [0, 0.1) is 6.92 Å². The van der Waals surface area contributed by atoms with Gasteiger partial charge in [-0.25, -0.2) is 4.98 Å². The van der Waals surface area contributed by atoms with Crippen molar-refractivity contribution in [2.45, 2.75) is 32.4 Å². The van der Waals surface area contributed by atoms with Crippen LogP contribution in [0.4, 0.5) is 5.82 Å². The maximum absolute atomic E-state index is 4.60. The predicted molar refractivity (Wildman–Crippen MR) is 80.2 cm³/mol. The van der Waals surface area contributed by atoms with Gasteiger partial charge in [0.05, 0.1) is 6.54 Å². The number of nitrogens with zero attached hydrogens (tertiary/aromatic N) is 2. The number of thiophene rings is 1. The number of aryl methyl sites for hydroxylation is 1. The van der Waals surface area contributed by atoms with Crippen molar-refractivity contribution in [1.29, 1.82) is 0 Å². The van der Waals surface area contributed by atoms with Crippen LogP contribution in [-0.2, 0) is 6.54 Å². The van der Waals surface area contributed by atoms with E-state index in [0.717, 1.165) is 16.8 Å². The topological polar surface area (TPSA) is 16.1 Å². The highest BCUT2D eigenvalue weighted by Crippen LogP contribution is 2.34. The van der Waals surface area contributed by atoms with E-state index in [-0.39, 0.29) is 0 Å². The lowest BCUT2D eigenvalue weighted by Gasteiger charge is -2.24. The number of hydrogen-bond donors (Lipinski definition) is 0. The second-order valence-electron chi connectivity index (χ2n) is 4.73. The standard InChI is InChI=1S/C14H15BrN2S/c1-10-7-11(15)8-16-14(10)17(12-4-5-12)9-13-3-2-6-18-13/h2-3,6-8,12H,4-5,9H2,1H3. The largest absolute Gasteiger partial charge is 0.348 e. The van der Waals surface area contributed by atoms with Gasteiger partial charge in [-0.1, -0.05) is 6.07 Å². The number of rotatable bonds is 4. The highest BCUT2D eigenvalue weighted by Gasteiger charge is 2.31. The molecule has 2 nitrogen and oxygen atoms in total. The molecule has 0 aliphatic heterocycles. The molecule has 2 aromatic heterocycles. The molecule has 0 aromatic carbocycles. The zero-order valence-electron chi connectivity index (χ0n) is 10.3. The van der Waals surface area contributed by atoms with Gasteiger partial charge in [0.25, 0.3) is 0 Å². The van der Waals surface area contributed by atoms with Gasteiger partial charge < -0.3 is 4.90 Å². The van der Waals surface area contributed by atoms with Crippen molar-refractivity contribution in [1.82, 2.24) is 4.98 Å². The van der Waals surface area contributed by atoms with Crippen LogP contribution in [0.15, 0.2) is 34.2 Å². The quantitative estimate of drug-likeness (QED) is 0.830. The maximum Gasteiger partial charge on any atom is 0.132 e. The molecule has 2 heterocycles. The molecule has 18 heavy (non-hydrogen) atoms. The van der Waals surface area contributed by atoms with E-state index in [9.17, 15) is 0 Å². The zero-order chi connectivity index (χ0) is 12.5. The summed E-state index contributed by atoms with van der Waals surface area (Å²) in [6, 6.07) is 7.15. The van der Waals surface area contributed by atoms with E-state index < -0.39 is 0 Å². The molecule has 0 saturated heterocycles. The number of pyridine rings is 1. The second kappa shape index (κ2) is 5.02. The van der Waals surface area contributed by atoms with Crippen molar-refractivity contribution >= 4 is 33.1 Å². The zero-order valence-corrected chi connectivity index (χ0v) is 12.7. The lowest BCUT2D eigenvalue weighted by atomic mass is 10.2. The van der Waals surface area contributed by atoms with Gasteiger partial charge in [0.2, 0.25) is 0 Å². The van der Waals surface area contributed by atoms with E-state index in [1.54, 1.807) is 0 Å². The average Bonchev–Trinajstić information content (AvgIpc) is 3.05. The Hall–Kier alpha value is -0.870. The Balaban J connectivity index is 1.89. The van der Waals surface area contributed by atoms with Crippen LogP contribution in [0.1, 0.15) is 23.3 Å². The molecule has 0 atom stereocenters. The molecule has 0 unspecified atom stereocenters. The Labute approximate surface area is 120 Å². The maximum atomic E-state index is 4.60. The lowest BCUT2D eigenvalue weighted by molar-refractivity contribution is 0.781. The van der Waals surface area contributed by atoms with Gasteiger partial charge in [-0.15, -0.1) is 11.3 Å². The number of halogens is 1. The summed E-state index contributed by atoms with van der Waals surface area (Å²) in [6.07, 6.45) is 4.48. The van der Waals surface area contributed by atoms with Gasteiger partial charge in [-0.05, 0) is 58.8 Å². The first-order chi connectivity index (χ1) is 8.74. The Morgan fingerprint density at radius 2 is 2.33 bits per heavy atom. The van der Waals surface area contributed by atoms with Gasteiger partial charge in [-0.2, -0.15) is 0 Å². The summed E-state index contributed by atoms with van der Waals surface area (Å²) < 4.78 is 1.05. The summed E-state index contributed by atoms with van der Waals surface area (Å²) >= 11 is 5.30. The molecule has 1 aliphatic rings. The smallest absolute Gasteiger partial charge is 0.132 e. The summed E-state index contributed by atoms with van der Waals surface area (Å²) in [7, 11) is 0. The van der Waals surface area contributed by atoms with Crippen molar-refractivity contribution in [2.24, 2.45) is 0 Å². The Kier molecular flexibility index (Phi) is 3.39. The SMILES string of the molecule is Cc1cc(Br)cnc1N(Cc1cccs1)C1CC1. The van der Waals surface area contributed by atoms with Gasteiger partial charge in [-0.3, -0.25) is 0 Å². The molecule has 2 aromatic rings. The van der Waals surface area contributed by atoms with Crippen molar-refractivity contribution in [3.8, 4) is 0 Å². The van der Waals surface area contributed by atoms with Crippen LogP contribution < -0.4 is 4.90 Å². The molecule has 0 spiro atoms. The van der Waals surface area contributed by atoms with Crippen molar-refractivity contribution < 1.29 is 0 Å². The molecule has 0 bridgehead atoms. The number of hydrogen-bond acceptors (Lipinski definition) is 3. The lowest BCUT2D eigenvalue weighted by Crippen LogP contribution is -2.26. The summed E-state index contributed by atoms with van der Waals surface area (Å²) in [6.45, 7) is 3.12. The van der Waals surface area contributed by atoms with Crippen molar-refractivity contribution in [3.63, 3.8) is 0 Å². The van der Waals surface area contributed by atoms with Crippen LogP contribution in [0.5, 0.6) is 0 Å². The van der Waals surface area contributed by atoms with Crippen molar-refractivity contribution in [2.75, 3.05) is 4.90 Å². The third-order valence-electron chi connectivity index (χ3n) is 3.18. The molecular formula is C14H15BrN2S. The highest BCUT2D eigenvalue weighted by molar-refractivity contribution is 9.10. The van der Waals surface area contributed by atoms with Crippen LogP contribution >= 0.6 is 27.3 Å². The second-order valence-corrected chi connectivity index (χ2v) is 6.68. The first kappa shape index (κ1) is 12.2. The molecule has 1 saturated carbocycles. The fourth-order valence-electron chi connectivity index (χ4n) is 2.17. The third-order valence-corrected chi connectivity index (χ3v) is 4.48. The summed E-state index contributed by atoms with van der Waals surface area (Å²) in [5.74, 6) is 1.13. The Morgan fingerprint density at radius 1 is 1.50 bits per heavy atom. The molecule has 4 heteroatoms. The first-order valence-corrected chi connectivity index (χ1v) is 7.82. The van der Waals surface area contributed by atoms with Gasteiger partial charge >= 0.3 is 0 Å². The Morgan fingerprint density at radius 3 is 2.94 bits per heavy atom.